The van der Waals surface area contributed by atoms with Crippen LogP contribution in [0, 0.1) is 11.8 Å². The summed E-state index contributed by atoms with van der Waals surface area (Å²) < 4.78 is 5.53. The van der Waals surface area contributed by atoms with Crippen molar-refractivity contribution in [3.63, 3.8) is 0 Å². The van der Waals surface area contributed by atoms with Crippen LogP contribution < -0.4 is 10.1 Å². The van der Waals surface area contributed by atoms with Crippen LogP contribution in [0.5, 0.6) is 5.88 Å². The molecule has 20 heavy (non-hydrogen) atoms. The molecule has 0 aliphatic heterocycles. The Balaban J connectivity index is 1.86. The molecule has 1 aliphatic rings. The molecule has 0 aromatic carbocycles. The number of aromatic nitrogens is 1. The van der Waals surface area contributed by atoms with Crippen LogP contribution >= 0.6 is 0 Å². The van der Waals surface area contributed by atoms with Crippen LogP contribution in [0.15, 0.2) is 18.3 Å². The molecule has 110 valence electrons. The van der Waals surface area contributed by atoms with E-state index < -0.39 is 0 Å². The van der Waals surface area contributed by atoms with Gasteiger partial charge in [-0.2, -0.15) is 0 Å². The Morgan fingerprint density at radius 1 is 1.50 bits per heavy atom. The molecule has 1 fully saturated rings. The fourth-order valence-corrected chi connectivity index (χ4v) is 1.68. The normalized spacial score (nSPS) is 17.4. The summed E-state index contributed by atoms with van der Waals surface area (Å²) in [7, 11) is 0. The van der Waals surface area contributed by atoms with Gasteiger partial charge in [0.15, 0.2) is 0 Å². The van der Waals surface area contributed by atoms with Crippen molar-refractivity contribution in [1.82, 2.24) is 10.3 Å². The number of amides is 1. The molecule has 0 bridgehead atoms. The number of hydrogen-bond donors (Lipinski definition) is 2. The summed E-state index contributed by atoms with van der Waals surface area (Å²) in [5, 5.41) is 11.9. The van der Waals surface area contributed by atoms with Crippen molar-refractivity contribution in [2.24, 2.45) is 11.8 Å². The van der Waals surface area contributed by atoms with Crippen molar-refractivity contribution in [2.75, 3.05) is 13.2 Å². The number of hydrogen-bond acceptors (Lipinski definition) is 4. The second-order valence-electron chi connectivity index (χ2n) is 5.56. The van der Waals surface area contributed by atoms with E-state index in [1.54, 1.807) is 12.1 Å². The molecule has 1 aromatic rings. The van der Waals surface area contributed by atoms with Crippen LogP contribution in [0.2, 0.25) is 0 Å². The van der Waals surface area contributed by atoms with Crippen molar-refractivity contribution < 1.29 is 14.6 Å². The summed E-state index contributed by atoms with van der Waals surface area (Å²) >= 11 is 0. The van der Waals surface area contributed by atoms with E-state index in [9.17, 15) is 4.79 Å². The highest BCUT2D eigenvalue weighted by atomic mass is 16.5. The maximum atomic E-state index is 12.0. The molecule has 2 atom stereocenters. The van der Waals surface area contributed by atoms with Crippen molar-refractivity contribution >= 4 is 5.91 Å². The zero-order chi connectivity index (χ0) is 14.5. The molecule has 5 heteroatoms. The van der Waals surface area contributed by atoms with Gasteiger partial charge in [0.1, 0.15) is 0 Å². The van der Waals surface area contributed by atoms with Crippen LogP contribution in [0.3, 0.4) is 0 Å². The molecular formula is C15H22N2O3. The smallest absolute Gasteiger partial charge is 0.253 e. The zero-order valence-corrected chi connectivity index (χ0v) is 12.0. The molecule has 1 heterocycles. The number of rotatable bonds is 7. The Hall–Kier alpha value is -1.62. The van der Waals surface area contributed by atoms with Gasteiger partial charge in [0.05, 0.1) is 12.2 Å². The van der Waals surface area contributed by atoms with Gasteiger partial charge in [0.2, 0.25) is 5.88 Å². The predicted octanol–water partition coefficient (Wildman–Crippen LogP) is 1.62. The van der Waals surface area contributed by atoms with Gasteiger partial charge in [-0.15, -0.1) is 0 Å². The second-order valence-corrected chi connectivity index (χ2v) is 5.56. The van der Waals surface area contributed by atoms with Crippen molar-refractivity contribution in [1.29, 1.82) is 0 Å². The molecule has 1 aromatic heterocycles. The molecule has 5 nitrogen and oxygen atoms in total. The number of nitrogens with zero attached hydrogens (tertiary/aromatic N) is 1. The van der Waals surface area contributed by atoms with E-state index in [1.807, 2.05) is 13.8 Å². The molecule has 0 spiro atoms. The van der Waals surface area contributed by atoms with Gasteiger partial charge in [-0.3, -0.25) is 4.79 Å². The summed E-state index contributed by atoms with van der Waals surface area (Å²) in [6.07, 6.45) is 4.00. The van der Waals surface area contributed by atoms with E-state index in [0.717, 1.165) is 0 Å². The van der Waals surface area contributed by atoms with Gasteiger partial charge in [0.25, 0.3) is 5.91 Å². The number of carbonyl (C=O) groups excluding carboxylic acids is 1. The highest BCUT2D eigenvalue weighted by Crippen LogP contribution is 2.29. The molecule has 0 saturated heterocycles. The largest absolute Gasteiger partial charge is 0.477 e. The number of aliphatic hydroxyl groups excluding tert-OH is 1. The fraction of sp³-hybridized carbons (Fsp3) is 0.600. The Morgan fingerprint density at radius 3 is 2.80 bits per heavy atom. The summed E-state index contributed by atoms with van der Waals surface area (Å²) in [6, 6.07) is 3.34. The molecule has 0 radical (unpaired) electrons. The van der Waals surface area contributed by atoms with E-state index in [4.69, 9.17) is 9.84 Å². The average Bonchev–Trinajstić information content (AvgIpc) is 3.28. The monoisotopic (exact) mass is 278 g/mol. The van der Waals surface area contributed by atoms with Crippen LogP contribution in [0.25, 0.3) is 0 Å². The molecule has 2 unspecified atom stereocenters. The van der Waals surface area contributed by atoms with Crippen LogP contribution in [0.1, 0.15) is 37.0 Å². The van der Waals surface area contributed by atoms with E-state index in [2.05, 4.69) is 10.3 Å². The summed E-state index contributed by atoms with van der Waals surface area (Å²) in [6.45, 7) is 4.52. The first-order valence-electron chi connectivity index (χ1n) is 7.10. The van der Waals surface area contributed by atoms with E-state index in [0.29, 0.717) is 24.0 Å². The molecule has 1 aliphatic carbocycles. The third kappa shape index (κ3) is 4.20. The van der Waals surface area contributed by atoms with Crippen molar-refractivity contribution in [3.8, 4) is 5.88 Å². The zero-order valence-electron chi connectivity index (χ0n) is 12.0. The summed E-state index contributed by atoms with van der Waals surface area (Å²) in [5.74, 6) is 1.08. The number of aliphatic hydroxyl groups is 1. The van der Waals surface area contributed by atoms with Gasteiger partial charge >= 0.3 is 0 Å². The third-order valence-electron chi connectivity index (χ3n) is 3.66. The fourth-order valence-electron chi connectivity index (χ4n) is 1.68. The Bertz CT molecular complexity index is 443. The van der Waals surface area contributed by atoms with Crippen molar-refractivity contribution in [3.05, 3.63) is 23.9 Å². The lowest BCUT2D eigenvalue weighted by atomic mass is 10.0. The summed E-state index contributed by atoms with van der Waals surface area (Å²) in [5.41, 5.74) is 0.501. The maximum absolute atomic E-state index is 12.0. The van der Waals surface area contributed by atoms with E-state index >= 15 is 0 Å². The van der Waals surface area contributed by atoms with Gasteiger partial charge in [0, 0.05) is 24.9 Å². The van der Waals surface area contributed by atoms with Crippen LogP contribution in [0.4, 0.5) is 0 Å². The second kappa shape index (κ2) is 6.70. The average molecular weight is 278 g/mol. The highest BCUT2D eigenvalue weighted by molar-refractivity contribution is 5.94. The topological polar surface area (TPSA) is 71.5 Å². The minimum Gasteiger partial charge on any atom is -0.477 e. The van der Waals surface area contributed by atoms with Gasteiger partial charge in [-0.1, -0.05) is 6.92 Å². The lowest BCUT2D eigenvalue weighted by Gasteiger charge is -2.19. The van der Waals surface area contributed by atoms with Crippen LogP contribution in [-0.4, -0.2) is 35.3 Å². The molecule has 1 saturated carbocycles. The number of carbonyl (C=O) groups is 1. The predicted molar refractivity (Wildman–Crippen MR) is 75.6 cm³/mol. The van der Waals surface area contributed by atoms with Gasteiger partial charge in [-0.25, -0.2) is 4.98 Å². The van der Waals surface area contributed by atoms with E-state index in [-0.39, 0.29) is 24.5 Å². The standard InChI is InChI=1S/C15H22N2O3/c1-10(8-18)11(2)17-15(19)13-5-6-14(16-7-13)20-9-12-3-4-12/h5-7,10-12,18H,3-4,8-9H2,1-2H3,(H,17,19). The Labute approximate surface area is 119 Å². The molecular weight excluding hydrogens is 256 g/mol. The number of nitrogens with one attached hydrogen (secondary N) is 1. The maximum Gasteiger partial charge on any atom is 0.253 e. The Kier molecular flexibility index (Phi) is 4.95. The first-order valence-corrected chi connectivity index (χ1v) is 7.10. The first-order chi connectivity index (χ1) is 9.60. The number of ether oxygens (including phenoxy) is 1. The third-order valence-corrected chi connectivity index (χ3v) is 3.66. The SMILES string of the molecule is CC(CO)C(C)NC(=O)c1ccc(OCC2CC2)nc1. The number of pyridine rings is 1. The van der Waals surface area contributed by atoms with Gasteiger partial charge in [-0.05, 0) is 37.7 Å². The molecule has 1 amide bonds. The first kappa shape index (κ1) is 14.8. The van der Waals surface area contributed by atoms with Gasteiger partial charge < -0.3 is 15.2 Å². The lowest BCUT2D eigenvalue weighted by Crippen LogP contribution is -2.38. The highest BCUT2D eigenvalue weighted by Gasteiger charge is 2.22. The van der Waals surface area contributed by atoms with Crippen LogP contribution in [-0.2, 0) is 0 Å². The molecule has 2 rings (SSSR count). The quantitative estimate of drug-likeness (QED) is 0.795. The molecule has 2 N–H and O–H groups in total. The summed E-state index contributed by atoms with van der Waals surface area (Å²) in [4.78, 5) is 16.1. The van der Waals surface area contributed by atoms with Crippen molar-refractivity contribution in [2.45, 2.75) is 32.7 Å². The minimum atomic E-state index is -0.181. The Morgan fingerprint density at radius 2 is 2.25 bits per heavy atom. The minimum absolute atomic E-state index is 0.0213. The lowest BCUT2D eigenvalue weighted by molar-refractivity contribution is 0.0916. The van der Waals surface area contributed by atoms with E-state index in [1.165, 1.54) is 19.0 Å².